The third kappa shape index (κ3) is 1.80. The summed E-state index contributed by atoms with van der Waals surface area (Å²) in [7, 11) is 0. The summed E-state index contributed by atoms with van der Waals surface area (Å²) >= 11 is 5.74. The molecule has 0 saturated carbocycles. The Hall–Kier alpha value is -1.55. The number of nitrogen functional groups attached to an aromatic ring is 1. The van der Waals surface area contributed by atoms with E-state index in [1.165, 1.54) is 16.9 Å². The normalized spacial score (nSPS) is 10.6. The van der Waals surface area contributed by atoms with Crippen LogP contribution in [0.25, 0.3) is 5.69 Å². The number of nitrogens with zero attached hydrogens (tertiary/aromatic N) is 2. The molecule has 15 heavy (non-hydrogen) atoms. The number of nitrogens with two attached hydrogens (primary N) is 1. The Balaban J connectivity index is 2.58. The second-order valence-corrected chi connectivity index (χ2v) is 3.70. The SMILES string of the molecule is Cc1cc(-n2cc(Cl)cn2)c(N)cc1F. The lowest BCUT2D eigenvalue weighted by Crippen LogP contribution is -2.02. The van der Waals surface area contributed by atoms with Crippen molar-refractivity contribution in [2.24, 2.45) is 0 Å². The number of aryl methyl sites for hydroxylation is 1. The van der Waals surface area contributed by atoms with Crippen molar-refractivity contribution in [1.82, 2.24) is 9.78 Å². The minimum Gasteiger partial charge on any atom is -0.397 e. The molecule has 2 N–H and O–H groups in total. The molecule has 0 bridgehead atoms. The first kappa shape index (κ1) is 9.98. The molecule has 1 aromatic heterocycles. The quantitative estimate of drug-likeness (QED) is 0.758. The summed E-state index contributed by atoms with van der Waals surface area (Å²) in [6.07, 6.45) is 3.12. The zero-order valence-electron chi connectivity index (χ0n) is 8.04. The number of hydrogen-bond donors (Lipinski definition) is 1. The Labute approximate surface area is 91.3 Å². The topological polar surface area (TPSA) is 43.8 Å². The summed E-state index contributed by atoms with van der Waals surface area (Å²) in [4.78, 5) is 0. The molecule has 0 amide bonds. The Bertz CT molecular complexity index is 507. The van der Waals surface area contributed by atoms with Crippen LogP contribution in [0, 0.1) is 12.7 Å². The van der Waals surface area contributed by atoms with Crippen LogP contribution in [0.4, 0.5) is 10.1 Å². The molecule has 0 aliphatic rings. The summed E-state index contributed by atoms with van der Waals surface area (Å²) in [5.41, 5.74) is 7.16. The summed E-state index contributed by atoms with van der Waals surface area (Å²) in [6.45, 7) is 1.67. The van der Waals surface area contributed by atoms with Crippen molar-refractivity contribution in [3.05, 3.63) is 40.9 Å². The van der Waals surface area contributed by atoms with Crippen LogP contribution in [0.5, 0.6) is 0 Å². The fourth-order valence-corrected chi connectivity index (χ4v) is 1.45. The maximum Gasteiger partial charge on any atom is 0.128 e. The van der Waals surface area contributed by atoms with Crippen LogP contribution < -0.4 is 5.73 Å². The standard InChI is InChI=1S/C10H9ClFN3/c1-6-2-10(9(13)3-8(6)12)15-5-7(11)4-14-15/h2-5H,13H2,1H3. The summed E-state index contributed by atoms with van der Waals surface area (Å²) in [6, 6.07) is 2.91. The predicted octanol–water partition coefficient (Wildman–Crippen LogP) is 2.56. The van der Waals surface area contributed by atoms with Crippen LogP contribution in [0.2, 0.25) is 5.02 Å². The molecule has 0 unspecified atom stereocenters. The molecule has 1 aromatic carbocycles. The van der Waals surface area contributed by atoms with E-state index < -0.39 is 0 Å². The van der Waals surface area contributed by atoms with Crippen molar-refractivity contribution in [1.29, 1.82) is 0 Å². The van der Waals surface area contributed by atoms with Crippen LogP contribution in [0.1, 0.15) is 5.56 Å². The zero-order chi connectivity index (χ0) is 11.0. The second kappa shape index (κ2) is 3.55. The molecule has 0 fully saturated rings. The monoisotopic (exact) mass is 225 g/mol. The van der Waals surface area contributed by atoms with Gasteiger partial charge in [-0.25, -0.2) is 9.07 Å². The van der Waals surface area contributed by atoms with Gasteiger partial charge in [0.25, 0.3) is 0 Å². The van der Waals surface area contributed by atoms with Crippen molar-refractivity contribution >= 4 is 17.3 Å². The van der Waals surface area contributed by atoms with E-state index in [9.17, 15) is 4.39 Å². The average molecular weight is 226 g/mol. The van der Waals surface area contributed by atoms with Crippen molar-refractivity contribution in [2.75, 3.05) is 5.73 Å². The molecule has 0 atom stereocenters. The number of hydrogen-bond acceptors (Lipinski definition) is 2. The minimum absolute atomic E-state index is 0.325. The summed E-state index contributed by atoms with van der Waals surface area (Å²) < 4.78 is 14.7. The Morgan fingerprint density at radius 2 is 2.20 bits per heavy atom. The highest BCUT2D eigenvalue weighted by Crippen LogP contribution is 2.22. The van der Waals surface area contributed by atoms with Crippen molar-refractivity contribution in [2.45, 2.75) is 6.92 Å². The first-order chi connectivity index (χ1) is 7.08. The third-order valence-electron chi connectivity index (χ3n) is 2.11. The van der Waals surface area contributed by atoms with Gasteiger partial charge in [0.15, 0.2) is 0 Å². The maximum absolute atomic E-state index is 13.1. The van der Waals surface area contributed by atoms with Gasteiger partial charge >= 0.3 is 0 Å². The molecular formula is C10H9ClFN3. The third-order valence-corrected chi connectivity index (χ3v) is 2.30. The average Bonchev–Trinajstić information content (AvgIpc) is 2.58. The van der Waals surface area contributed by atoms with Crippen LogP contribution in [-0.2, 0) is 0 Å². The lowest BCUT2D eigenvalue weighted by Gasteiger charge is -2.07. The highest BCUT2D eigenvalue weighted by Gasteiger charge is 2.07. The first-order valence-electron chi connectivity index (χ1n) is 4.34. The predicted molar refractivity (Wildman–Crippen MR) is 57.7 cm³/mol. The van der Waals surface area contributed by atoms with E-state index in [0.29, 0.717) is 22.0 Å². The molecule has 0 aliphatic carbocycles. The fraction of sp³-hybridized carbons (Fsp3) is 0.100. The number of anilines is 1. The van der Waals surface area contributed by atoms with Crippen LogP contribution in [0.3, 0.4) is 0 Å². The number of benzene rings is 1. The van der Waals surface area contributed by atoms with E-state index in [2.05, 4.69) is 5.10 Å². The van der Waals surface area contributed by atoms with Gasteiger partial charge in [0.2, 0.25) is 0 Å². The fourth-order valence-electron chi connectivity index (χ4n) is 1.31. The van der Waals surface area contributed by atoms with Gasteiger partial charge < -0.3 is 5.73 Å². The molecule has 78 valence electrons. The molecule has 0 spiro atoms. The lowest BCUT2D eigenvalue weighted by atomic mass is 10.2. The summed E-state index contributed by atoms with van der Waals surface area (Å²) in [5.74, 6) is -0.325. The van der Waals surface area contributed by atoms with Gasteiger partial charge in [0.05, 0.1) is 22.6 Å². The van der Waals surface area contributed by atoms with Gasteiger partial charge in [0.1, 0.15) is 5.82 Å². The zero-order valence-corrected chi connectivity index (χ0v) is 8.79. The highest BCUT2D eigenvalue weighted by molar-refractivity contribution is 6.30. The molecule has 0 saturated heterocycles. The largest absolute Gasteiger partial charge is 0.397 e. The van der Waals surface area contributed by atoms with Crippen LogP contribution in [-0.4, -0.2) is 9.78 Å². The smallest absolute Gasteiger partial charge is 0.128 e. The first-order valence-corrected chi connectivity index (χ1v) is 4.72. The van der Waals surface area contributed by atoms with E-state index in [0.717, 1.165) is 0 Å². The minimum atomic E-state index is -0.325. The van der Waals surface area contributed by atoms with Crippen molar-refractivity contribution < 1.29 is 4.39 Å². The lowest BCUT2D eigenvalue weighted by molar-refractivity contribution is 0.618. The Kier molecular flexibility index (Phi) is 2.36. The van der Waals surface area contributed by atoms with Crippen LogP contribution >= 0.6 is 11.6 Å². The van der Waals surface area contributed by atoms with Gasteiger partial charge in [-0.1, -0.05) is 11.6 Å². The van der Waals surface area contributed by atoms with Crippen molar-refractivity contribution in [3.8, 4) is 5.69 Å². The number of rotatable bonds is 1. The molecule has 2 rings (SSSR count). The van der Waals surface area contributed by atoms with Gasteiger partial charge in [0, 0.05) is 6.20 Å². The Morgan fingerprint density at radius 3 is 2.80 bits per heavy atom. The molecule has 1 heterocycles. The molecule has 0 radical (unpaired) electrons. The van der Waals surface area contributed by atoms with Gasteiger partial charge in [-0.3, -0.25) is 0 Å². The van der Waals surface area contributed by atoms with E-state index in [-0.39, 0.29) is 5.82 Å². The second-order valence-electron chi connectivity index (χ2n) is 3.26. The molecule has 5 heteroatoms. The number of aromatic nitrogens is 2. The number of halogens is 2. The molecule has 2 aromatic rings. The summed E-state index contributed by atoms with van der Waals surface area (Å²) in [5, 5.41) is 4.51. The van der Waals surface area contributed by atoms with E-state index in [1.807, 2.05) is 0 Å². The van der Waals surface area contributed by atoms with Gasteiger partial charge in [-0.15, -0.1) is 0 Å². The molecular weight excluding hydrogens is 217 g/mol. The van der Waals surface area contributed by atoms with Crippen molar-refractivity contribution in [3.63, 3.8) is 0 Å². The Morgan fingerprint density at radius 1 is 1.47 bits per heavy atom. The van der Waals surface area contributed by atoms with E-state index in [4.69, 9.17) is 17.3 Å². The van der Waals surface area contributed by atoms with E-state index in [1.54, 1.807) is 19.2 Å². The molecule has 3 nitrogen and oxygen atoms in total. The van der Waals surface area contributed by atoms with E-state index >= 15 is 0 Å². The van der Waals surface area contributed by atoms with Gasteiger partial charge in [-0.2, -0.15) is 5.10 Å². The highest BCUT2D eigenvalue weighted by atomic mass is 35.5. The van der Waals surface area contributed by atoms with Crippen LogP contribution in [0.15, 0.2) is 24.5 Å². The van der Waals surface area contributed by atoms with Gasteiger partial charge in [-0.05, 0) is 24.6 Å². The maximum atomic E-state index is 13.1. The molecule has 0 aliphatic heterocycles.